The highest BCUT2D eigenvalue weighted by molar-refractivity contribution is 7.99. The number of thioether (sulfide) groups is 1. The van der Waals surface area contributed by atoms with Crippen LogP contribution in [0, 0.1) is 5.92 Å². The Morgan fingerprint density at radius 1 is 1.33 bits per heavy atom. The molecule has 1 saturated carbocycles. The maximum absolute atomic E-state index is 6.05. The molecule has 0 heterocycles. The van der Waals surface area contributed by atoms with Gasteiger partial charge in [0.15, 0.2) is 0 Å². The van der Waals surface area contributed by atoms with Gasteiger partial charge < -0.3 is 5.73 Å². The van der Waals surface area contributed by atoms with Crippen molar-refractivity contribution in [3.63, 3.8) is 0 Å². The molecule has 2 nitrogen and oxygen atoms in total. The molecule has 0 saturated heterocycles. The summed E-state index contributed by atoms with van der Waals surface area (Å²) in [5.41, 5.74) is 6.05. The largest absolute Gasteiger partial charge is 0.387 e. The monoisotopic (exact) mass is 228 g/mol. The predicted octanol–water partition coefficient (Wildman–Crippen LogP) is 3.07. The molecule has 0 atom stereocenters. The van der Waals surface area contributed by atoms with E-state index in [2.05, 4.69) is 25.1 Å². The molecular formula is C12H24N2S. The molecule has 1 rings (SSSR count). The molecule has 1 aliphatic rings. The second-order valence-corrected chi connectivity index (χ2v) is 6.55. The summed E-state index contributed by atoms with van der Waals surface area (Å²) < 4.78 is 0.222. The van der Waals surface area contributed by atoms with Crippen molar-refractivity contribution in [1.82, 2.24) is 0 Å². The van der Waals surface area contributed by atoms with E-state index in [4.69, 9.17) is 5.73 Å². The lowest BCUT2D eigenvalue weighted by Gasteiger charge is -2.23. The van der Waals surface area contributed by atoms with Gasteiger partial charge in [-0.05, 0) is 32.9 Å². The molecule has 2 N–H and O–H groups in total. The van der Waals surface area contributed by atoms with E-state index in [1.165, 1.54) is 32.1 Å². The van der Waals surface area contributed by atoms with Crippen molar-refractivity contribution in [2.45, 2.75) is 50.7 Å². The van der Waals surface area contributed by atoms with E-state index < -0.39 is 0 Å². The fourth-order valence-corrected chi connectivity index (χ4v) is 2.07. The summed E-state index contributed by atoms with van der Waals surface area (Å²) >= 11 is 1.85. The molecule has 0 aromatic heterocycles. The van der Waals surface area contributed by atoms with Gasteiger partial charge in [0.05, 0.1) is 12.4 Å². The minimum absolute atomic E-state index is 0.222. The van der Waals surface area contributed by atoms with Gasteiger partial charge >= 0.3 is 0 Å². The van der Waals surface area contributed by atoms with Crippen LogP contribution in [0.4, 0.5) is 0 Å². The molecule has 0 amide bonds. The highest BCUT2D eigenvalue weighted by atomic mass is 32.2. The van der Waals surface area contributed by atoms with Crippen LogP contribution < -0.4 is 5.73 Å². The Hall–Kier alpha value is -0.180. The number of amidine groups is 1. The van der Waals surface area contributed by atoms with E-state index in [-0.39, 0.29) is 4.75 Å². The fraction of sp³-hybridized carbons (Fsp3) is 0.917. The van der Waals surface area contributed by atoms with Gasteiger partial charge in [-0.15, -0.1) is 0 Å². The highest BCUT2D eigenvalue weighted by Gasteiger charge is 2.19. The van der Waals surface area contributed by atoms with Gasteiger partial charge in [0.2, 0.25) is 0 Å². The van der Waals surface area contributed by atoms with Gasteiger partial charge in [-0.2, -0.15) is 11.8 Å². The lowest BCUT2D eigenvalue weighted by molar-refractivity contribution is 0.436. The highest BCUT2D eigenvalue weighted by Crippen LogP contribution is 2.25. The summed E-state index contributed by atoms with van der Waals surface area (Å²) in [4.78, 5) is 4.56. The molecule has 1 fully saturated rings. The molecule has 0 unspecified atom stereocenters. The summed E-state index contributed by atoms with van der Waals surface area (Å²) in [7, 11) is 0. The minimum Gasteiger partial charge on any atom is -0.387 e. The van der Waals surface area contributed by atoms with Crippen LogP contribution in [0.25, 0.3) is 0 Å². The summed E-state index contributed by atoms with van der Waals surface area (Å²) in [6.07, 6.45) is 8.65. The van der Waals surface area contributed by atoms with E-state index >= 15 is 0 Å². The maximum atomic E-state index is 6.05. The van der Waals surface area contributed by atoms with Gasteiger partial charge in [0.25, 0.3) is 0 Å². The molecule has 0 spiro atoms. The summed E-state index contributed by atoms with van der Waals surface area (Å²) in [5, 5.41) is 0. The van der Waals surface area contributed by atoms with Crippen LogP contribution in [0.2, 0.25) is 0 Å². The molecule has 0 aromatic carbocycles. The van der Waals surface area contributed by atoms with Gasteiger partial charge in [-0.1, -0.05) is 19.3 Å². The first-order chi connectivity index (χ1) is 7.05. The number of hydrogen-bond acceptors (Lipinski definition) is 2. The third-order valence-electron chi connectivity index (χ3n) is 3.22. The van der Waals surface area contributed by atoms with Crippen molar-refractivity contribution in [3.8, 4) is 0 Å². The number of aliphatic imine (C=N–C) groups is 1. The molecule has 0 aromatic rings. The number of hydrogen-bond donors (Lipinski definition) is 1. The Labute approximate surface area is 98.1 Å². The second-order valence-electron chi connectivity index (χ2n) is 5.04. The lowest BCUT2D eigenvalue weighted by atomic mass is 9.88. The van der Waals surface area contributed by atoms with Crippen LogP contribution in [0.15, 0.2) is 4.99 Å². The van der Waals surface area contributed by atoms with Crippen LogP contribution in [-0.4, -0.2) is 23.4 Å². The normalized spacial score (nSPS) is 20.6. The molecule has 0 bridgehead atoms. The quantitative estimate of drug-likeness (QED) is 0.593. The number of nitrogens with zero attached hydrogens (tertiary/aromatic N) is 1. The molecule has 1 aliphatic carbocycles. The van der Waals surface area contributed by atoms with E-state index in [0.717, 1.165) is 12.4 Å². The average molecular weight is 228 g/mol. The third-order valence-corrected chi connectivity index (χ3v) is 4.45. The Bertz CT molecular complexity index is 218. The third kappa shape index (κ3) is 4.45. The SMILES string of the molecule is CSC(C)(C)CN=C(N)C1CCCCC1. The fourth-order valence-electron chi connectivity index (χ4n) is 1.87. The lowest BCUT2D eigenvalue weighted by Crippen LogP contribution is -2.28. The Morgan fingerprint density at radius 3 is 2.47 bits per heavy atom. The number of nitrogens with two attached hydrogens (primary N) is 1. The Morgan fingerprint density at radius 2 is 1.93 bits per heavy atom. The van der Waals surface area contributed by atoms with Gasteiger partial charge in [0.1, 0.15) is 0 Å². The van der Waals surface area contributed by atoms with Crippen molar-refractivity contribution in [1.29, 1.82) is 0 Å². The number of rotatable bonds is 4. The smallest absolute Gasteiger partial charge is 0.0969 e. The van der Waals surface area contributed by atoms with Crippen molar-refractivity contribution >= 4 is 17.6 Å². The van der Waals surface area contributed by atoms with E-state index in [0.29, 0.717) is 5.92 Å². The van der Waals surface area contributed by atoms with Crippen LogP contribution in [0.3, 0.4) is 0 Å². The van der Waals surface area contributed by atoms with Crippen LogP contribution in [-0.2, 0) is 0 Å². The zero-order valence-corrected chi connectivity index (χ0v) is 11.1. The molecule has 0 aliphatic heterocycles. The van der Waals surface area contributed by atoms with Crippen molar-refractivity contribution < 1.29 is 0 Å². The average Bonchev–Trinajstić information content (AvgIpc) is 2.27. The summed E-state index contributed by atoms with van der Waals surface area (Å²) in [6, 6.07) is 0. The topological polar surface area (TPSA) is 38.4 Å². The van der Waals surface area contributed by atoms with Crippen LogP contribution in [0.5, 0.6) is 0 Å². The summed E-state index contributed by atoms with van der Waals surface area (Å²) in [5.74, 6) is 1.47. The first-order valence-electron chi connectivity index (χ1n) is 5.90. The van der Waals surface area contributed by atoms with Gasteiger partial charge in [-0.25, -0.2) is 0 Å². The van der Waals surface area contributed by atoms with Crippen molar-refractivity contribution in [2.75, 3.05) is 12.8 Å². The molecule has 3 heteroatoms. The zero-order chi connectivity index (χ0) is 11.3. The van der Waals surface area contributed by atoms with Crippen LogP contribution in [0.1, 0.15) is 46.0 Å². The molecular weight excluding hydrogens is 204 g/mol. The maximum Gasteiger partial charge on any atom is 0.0969 e. The Balaban J connectivity index is 2.44. The van der Waals surface area contributed by atoms with Gasteiger partial charge in [-0.3, -0.25) is 4.99 Å². The van der Waals surface area contributed by atoms with Gasteiger partial charge in [0, 0.05) is 10.7 Å². The minimum atomic E-state index is 0.222. The first-order valence-corrected chi connectivity index (χ1v) is 7.12. The standard InChI is InChI=1S/C12H24N2S/c1-12(2,15-3)9-14-11(13)10-7-5-4-6-8-10/h10H,4-9H2,1-3H3,(H2,13,14). The Kier molecular flexibility index (Phi) is 4.97. The van der Waals surface area contributed by atoms with Crippen LogP contribution >= 0.6 is 11.8 Å². The van der Waals surface area contributed by atoms with E-state index in [1.54, 1.807) is 0 Å². The van der Waals surface area contributed by atoms with E-state index in [9.17, 15) is 0 Å². The second kappa shape index (κ2) is 5.78. The molecule has 0 radical (unpaired) electrons. The molecule has 15 heavy (non-hydrogen) atoms. The van der Waals surface area contributed by atoms with Crippen molar-refractivity contribution in [3.05, 3.63) is 0 Å². The summed E-state index contributed by atoms with van der Waals surface area (Å²) in [6.45, 7) is 5.28. The predicted molar refractivity (Wildman–Crippen MR) is 70.7 cm³/mol. The van der Waals surface area contributed by atoms with E-state index in [1.807, 2.05) is 11.8 Å². The first kappa shape index (κ1) is 12.9. The molecule has 88 valence electrons. The van der Waals surface area contributed by atoms with Crippen molar-refractivity contribution in [2.24, 2.45) is 16.6 Å². The zero-order valence-electron chi connectivity index (χ0n) is 10.3.